The van der Waals surface area contributed by atoms with Crippen LogP contribution in [-0.2, 0) is 0 Å². The maximum Gasteiger partial charge on any atom is 0.343 e. The molecule has 0 saturated carbocycles. The van der Waals surface area contributed by atoms with Crippen LogP contribution in [0.25, 0.3) is 0 Å². The van der Waals surface area contributed by atoms with Gasteiger partial charge in [-0.25, -0.2) is 9.59 Å². The zero-order chi connectivity index (χ0) is 26.6. The van der Waals surface area contributed by atoms with Crippen LogP contribution in [0, 0.1) is 0 Å². The molecule has 3 rings (SSSR count). The molecule has 0 aliphatic heterocycles. The first-order valence-corrected chi connectivity index (χ1v) is 9.66. The Morgan fingerprint density at radius 2 is 0.750 bits per heavy atom. The molecule has 12 heteroatoms. The Bertz CT molecular complexity index is 1310. The summed E-state index contributed by atoms with van der Waals surface area (Å²) in [5.74, 6) is -9.71. The van der Waals surface area contributed by atoms with Crippen LogP contribution in [0.4, 0.5) is 0 Å². The number of ether oxygens (including phenoxy) is 2. The molecule has 0 spiro atoms. The molecule has 12 nitrogen and oxygen atoms in total. The molecule has 0 aliphatic rings. The molecular weight excluding hydrogens is 480 g/mol. The van der Waals surface area contributed by atoms with Crippen LogP contribution in [-0.4, -0.2) is 35.8 Å². The number of aromatic carboxylic acids is 4. The minimum absolute atomic E-state index is 0.0805. The fraction of sp³-hybridized carbons (Fsp3) is 0. The molecule has 0 unspecified atom stereocenters. The van der Waals surface area contributed by atoms with Crippen molar-refractivity contribution in [3.05, 3.63) is 94.0 Å². The molecule has 0 radical (unpaired) electrons. The summed E-state index contributed by atoms with van der Waals surface area (Å²) < 4.78 is 10.0. The van der Waals surface area contributed by atoms with Crippen LogP contribution in [0.1, 0.15) is 62.1 Å². The number of carbonyl (C=O) groups excluding carboxylic acids is 6. The average Bonchev–Trinajstić information content (AvgIpc) is 2.83. The van der Waals surface area contributed by atoms with Gasteiger partial charge in [-0.3, -0.25) is 0 Å². The summed E-state index contributed by atoms with van der Waals surface area (Å²) in [6, 6.07) is 10.0. The van der Waals surface area contributed by atoms with E-state index < -0.39 is 58.1 Å². The molecule has 0 heterocycles. The Balaban J connectivity index is 1.74. The standard InChI is InChI=1S/C24H14O12/c25-19(26)15-7-5-13(9-17(15)21(29)30)35-23(33)11-1-2-12(4-3-11)24(34)36-14-6-8-16(20(27)28)18(10-14)22(31)32/h1-10H,(H,25,26)(H,27,28)(H,29,30)(H,31,32)/p-4. The molecule has 0 atom stereocenters. The fourth-order valence-corrected chi connectivity index (χ4v) is 2.94. The number of hydrogen-bond donors (Lipinski definition) is 0. The first kappa shape index (κ1) is 25.1. The number of carbonyl (C=O) groups is 6. The molecule has 0 bridgehead atoms. The highest BCUT2D eigenvalue weighted by molar-refractivity contribution is 6.02. The minimum Gasteiger partial charge on any atom is -0.545 e. The molecule has 0 fully saturated rings. The third kappa shape index (κ3) is 5.51. The number of hydrogen-bond acceptors (Lipinski definition) is 12. The van der Waals surface area contributed by atoms with Gasteiger partial charge in [0, 0.05) is 22.3 Å². The lowest BCUT2D eigenvalue weighted by Gasteiger charge is -2.13. The molecule has 3 aromatic carbocycles. The molecule has 3 aromatic rings. The van der Waals surface area contributed by atoms with Crippen LogP contribution in [0.3, 0.4) is 0 Å². The molecule has 0 N–H and O–H groups in total. The van der Waals surface area contributed by atoms with Crippen molar-refractivity contribution < 1.29 is 58.7 Å². The highest BCUT2D eigenvalue weighted by Crippen LogP contribution is 2.21. The van der Waals surface area contributed by atoms with E-state index in [1.54, 1.807) is 0 Å². The predicted octanol–water partition coefficient (Wildman–Crippen LogP) is -2.42. The molecule has 0 amide bonds. The molecule has 36 heavy (non-hydrogen) atoms. The van der Waals surface area contributed by atoms with E-state index in [1.807, 2.05) is 0 Å². The number of esters is 2. The van der Waals surface area contributed by atoms with Gasteiger partial charge in [0.15, 0.2) is 0 Å². The normalized spacial score (nSPS) is 10.2. The van der Waals surface area contributed by atoms with Crippen molar-refractivity contribution in [1.29, 1.82) is 0 Å². The van der Waals surface area contributed by atoms with Crippen molar-refractivity contribution in [1.82, 2.24) is 0 Å². The molecule has 0 aromatic heterocycles. The van der Waals surface area contributed by atoms with Crippen molar-refractivity contribution in [2.45, 2.75) is 0 Å². The van der Waals surface area contributed by atoms with Crippen molar-refractivity contribution in [2.75, 3.05) is 0 Å². The van der Waals surface area contributed by atoms with Gasteiger partial charge in [0.2, 0.25) is 0 Å². The van der Waals surface area contributed by atoms with Crippen LogP contribution in [0.15, 0.2) is 60.7 Å². The van der Waals surface area contributed by atoms with Gasteiger partial charge >= 0.3 is 11.9 Å². The van der Waals surface area contributed by atoms with Crippen LogP contribution < -0.4 is 29.9 Å². The van der Waals surface area contributed by atoms with Crippen molar-refractivity contribution in [3.63, 3.8) is 0 Å². The summed E-state index contributed by atoms with van der Waals surface area (Å²) in [5, 5.41) is 44.2. The van der Waals surface area contributed by atoms with E-state index in [9.17, 15) is 49.2 Å². The van der Waals surface area contributed by atoms with Gasteiger partial charge in [-0.1, -0.05) is 0 Å². The highest BCUT2D eigenvalue weighted by Gasteiger charge is 2.15. The monoisotopic (exact) mass is 490 g/mol. The first-order valence-electron chi connectivity index (χ1n) is 9.66. The van der Waals surface area contributed by atoms with Crippen LogP contribution >= 0.6 is 0 Å². The smallest absolute Gasteiger partial charge is 0.343 e. The lowest BCUT2D eigenvalue weighted by molar-refractivity contribution is -0.259. The van der Waals surface area contributed by atoms with E-state index in [0.717, 1.165) is 36.4 Å². The summed E-state index contributed by atoms with van der Waals surface area (Å²) in [6.07, 6.45) is 0. The fourth-order valence-electron chi connectivity index (χ4n) is 2.94. The number of rotatable bonds is 8. The van der Waals surface area contributed by atoms with Gasteiger partial charge in [-0.15, -0.1) is 0 Å². The van der Waals surface area contributed by atoms with Gasteiger partial charge < -0.3 is 49.1 Å². The summed E-state index contributed by atoms with van der Waals surface area (Å²) in [5.41, 5.74) is -3.01. The Morgan fingerprint density at radius 3 is 1.03 bits per heavy atom. The van der Waals surface area contributed by atoms with Gasteiger partial charge in [-0.05, 0) is 60.7 Å². The van der Waals surface area contributed by atoms with Gasteiger partial charge in [0.25, 0.3) is 0 Å². The molecule has 182 valence electrons. The number of carboxylic acids is 4. The third-order valence-electron chi connectivity index (χ3n) is 4.64. The largest absolute Gasteiger partial charge is 0.545 e. The van der Waals surface area contributed by atoms with Crippen molar-refractivity contribution in [3.8, 4) is 11.5 Å². The minimum atomic E-state index is -1.82. The Labute approximate surface area is 200 Å². The second kappa shape index (κ2) is 10.2. The van der Waals surface area contributed by atoms with E-state index in [4.69, 9.17) is 9.47 Å². The van der Waals surface area contributed by atoms with Crippen molar-refractivity contribution in [2.24, 2.45) is 0 Å². The van der Waals surface area contributed by atoms with E-state index in [0.29, 0.717) is 0 Å². The quantitative estimate of drug-likeness (QED) is 0.238. The van der Waals surface area contributed by atoms with E-state index in [1.165, 1.54) is 24.3 Å². The maximum absolute atomic E-state index is 12.3. The summed E-state index contributed by atoms with van der Waals surface area (Å²) in [7, 11) is 0. The average molecular weight is 490 g/mol. The topological polar surface area (TPSA) is 213 Å². The maximum atomic E-state index is 12.3. The molecule has 0 aliphatic carbocycles. The second-order valence-corrected chi connectivity index (χ2v) is 6.92. The van der Waals surface area contributed by atoms with E-state index >= 15 is 0 Å². The third-order valence-corrected chi connectivity index (χ3v) is 4.64. The van der Waals surface area contributed by atoms with E-state index in [2.05, 4.69) is 0 Å². The Kier molecular flexibility index (Phi) is 7.10. The first-order chi connectivity index (χ1) is 17.0. The lowest BCUT2D eigenvalue weighted by Crippen LogP contribution is -2.30. The van der Waals surface area contributed by atoms with Gasteiger partial charge in [-0.2, -0.15) is 0 Å². The van der Waals surface area contributed by atoms with Crippen LogP contribution in [0.5, 0.6) is 11.5 Å². The molecule has 0 saturated heterocycles. The summed E-state index contributed by atoms with van der Waals surface area (Å²) in [6.45, 7) is 0. The number of benzene rings is 3. The van der Waals surface area contributed by atoms with Crippen molar-refractivity contribution >= 4 is 35.8 Å². The zero-order valence-electron chi connectivity index (χ0n) is 17.7. The van der Waals surface area contributed by atoms with Gasteiger partial charge in [0.05, 0.1) is 35.0 Å². The van der Waals surface area contributed by atoms with Crippen LogP contribution in [0.2, 0.25) is 0 Å². The van der Waals surface area contributed by atoms with E-state index in [-0.39, 0.29) is 22.6 Å². The summed E-state index contributed by atoms with van der Waals surface area (Å²) in [4.78, 5) is 68.8. The summed E-state index contributed by atoms with van der Waals surface area (Å²) >= 11 is 0. The second-order valence-electron chi connectivity index (χ2n) is 6.92. The Morgan fingerprint density at radius 1 is 0.444 bits per heavy atom. The van der Waals surface area contributed by atoms with Gasteiger partial charge in [0.1, 0.15) is 11.5 Å². The number of carboxylic acid groups (broad SMARTS) is 4. The lowest BCUT2D eigenvalue weighted by atomic mass is 10.1. The predicted molar refractivity (Wildman–Crippen MR) is 107 cm³/mol. The highest BCUT2D eigenvalue weighted by atomic mass is 16.5. The molecular formula is C24H10O12-4. The SMILES string of the molecule is O=C(Oc1ccc(C(=O)[O-])c(C(=O)[O-])c1)c1ccc(C(=O)Oc2ccc(C(=O)[O-])c(C(=O)[O-])c2)cc1. The zero-order valence-corrected chi connectivity index (χ0v) is 17.7. The Hall–Kier alpha value is -5.52.